The first-order valence-corrected chi connectivity index (χ1v) is 6.30. The average molecular weight is 240 g/mol. The van der Waals surface area contributed by atoms with Gasteiger partial charge >= 0.3 is 0 Å². The van der Waals surface area contributed by atoms with Gasteiger partial charge in [0.25, 0.3) is 0 Å². The van der Waals surface area contributed by atoms with Crippen LogP contribution < -0.4 is 0 Å². The van der Waals surface area contributed by atoms with Crippen LogP contribution in [-0.2, 0) is 0 Å². The van der Waals surface area contributed by atoms with Gasteiger partial charge in [-0.25, -0.2) is 0 Å². The lowest BCUT2D eigenvalue weighted by atomic mass is 9.81. The molecule has 1 unspecified atom stereocenters. The van der Waals surface area contributed by atoms with Gasteiger partial charge in [0.15, 0.2) is 0 Å². The molecule has 0 aliphatic rings. The van der Waals surface area contributed by atoms with Gasteiger partial charge in [0.2, 0.25) is 0 Å². The van der Waals surface area contributed by atoms with Gasteiger partial charge in [-0.1, -0.05) is 17.7 Å². The Hall–Kier alpha value is -0.600. The minimum Gasteiger partial charge on any atom is -0.390 e. The van der Waals surface area contributed by atoms with E-state index in [9.17, 15) is 10.2 Å². The highest BCUT2D eigenvalue weighted by atomic mass is 16.3. The fourth-order valence-electron chi connectivity index (χ4n) is 1.71. The van der Waals surface area contributed by atoms with Crippen molar-refractivity contribution in [3.8, 4) is 0 Å². The summed E-state index contributed by atoms with van der Waals surface area (Å²) in [6.07, 6.45) is 5.97. The Bertz CT molecular complexity index is 265. The highest BCUT2D eigenvalue weighted by Crippen LogP contribution is 2.29. The summed E-state index contributed by atoms with van der Waals surface area (Å²) >= 11 is 0. The zero-order valence-corrected chi connectivity index (χ0v) is 12.0. The van der Waals surface area contributed by atoms with Crippen LogP contribution in [0.4, 0.5) is 0 Å². The van der Waals surface area contributed by atoms with Gasteiger partial charge in [-0.3, -0.25) is 0 Å². The van der Waals surface area contributed by atoms with Crippen molar-refractivity contribution < 1.29 is 10.2 Å². The summed E-state index contributed by atoms with van der Waals surface area (Å²) < 4.78 is 0. The zero-order chi connectivity index (χ0) is 13.7. The fourth-order valence-corrected chi connectivity index (χ4v) is 1.71. The molecule has 0 aromatic heterocycles. The Morgan fingerprint density at radius 3 is 2.12 bits per heavy atom. The lowest BCUT2D eigenvalue weighted by Crippen LogP contribution is -2.32. The predicted molar refractivity (Wildman–Crippen MR) is 73.9 cm³/mol. The van der Waals surface area contributed by atoms with Crippen LogP contribution in [0, 0.1) is 5.92 Å². The van der Waals surface area contributed by atoms with Crippen LogP contribution in [0.15, 0.2) is 24.3 Å². The molecule has 0 aromatic rings. The second-order valence-electron chi connectivity index (χ2n) is 5.97. The minimum absolute atomic E-state index is 0.156. The molecule has 0 aliphatic heterocycles. The van der Waals surface area contributed by atoms with Crippen LogP contribution in [0.1, 0.15) is 53.9 Å². The largest absolute Gasteiger partial charge is 0.390 e. The van der Waals surface area contributed by atoms with E-state index < -0.39 is 11.2 Å². The standard InChI is InChI=1S/C15H28O2/c1-7-15(6,17)11-10-13(14(4,5)16)9-8-12(2)3/h7-8,13,16-17H,1,9-11H2,2-6H3/t13-,15?/m0/s1. The van der Waals surface area contributed by atoms with E-state index in [4.69, 9.17) is 0 Å². The van der Waals surface area contributed by atoms with E-state index in [2.05, 4.69) is 26.5 Å². The number of rotatable bonds is 7. The maximum absolute atomic E-state index is 10.1. The van der Waals surface area contributed by atoms with E-state index in [1.165, 1.54) is 5.57 Å². The van der Waals surface area contributed by atoms with Crippen molar-refractivity contribution in [2.75, 3.05) is 0 Å². The van der Waals surface area contributed by atoms with Gasteiger partial charge < -0.3 is 10.2 Å². The van der Waals surface area contributed by atoms with Crippen molar-refractivity contribution in [3.63, 3.8) is 0 Å². The van der Waals surface area contributed by atoms with E-state index in [-0.39, 0.29) is 5.92 Å². The van der Waals surface area contributed by atoms with Crippen LogP contribution in [-0.4, -0.2) is 21.4 Å². The third-order valence-corrected chi connectivity index (χ3v) is 3.25. The van der Waals surface area contributed by atoms with Crippen LogP contribution in [0.25, 0.3) is 0 Å². The molecule has 0 amide bonds. The molecule has 17 heavy (non-hydrogen) atoms. The average Bonchev–Trinajstić information content (AvgIpc) is 2.15. The van der Waals surface area contributed by atoms with Crippen molar-refractivity contribution in [2.24, 2.45) is 5.92 Å². The molecule has 0 spiro atoms. The molecule has 0 aromatic carbocycles. The first-order chi connectivity index (χ1) is 7.58. The summed E-state index contributed by atoms with van der Waals surface area (Å²) in [5, 5.41) is 20.0. The molecular weight excluding hydrogens is 212 g/mol. The summed E-state index contributed by atoms with van der Waals surface area (Å²) in [5.74, 6) is 0.156. The first-order valence-electron chi connectivity index (χ1n) is 6.30. The third-order valence-electron chi connectivity index (χ3n) is 3.25. The van der Waals surface area contributed by atoms with Gasteiger partial charge in [0.05, 0.1) is 11.2 Å². The lowest BCUT2D eigenvalue weighted by molar-refractivity contribution is 0.00242. The normalized spacial score (nSPS) is 17.1. The van der Waals surface area contributed by atoms with Crippen molar-refractivity contribution in [3.05, 3.63) is 24.3 Å². The molecule has 2 heteroatoms. The third kappa shape index (κ3) is 7.35. The molecule has 2 nitrogen and oxygen atoms in total. The number of hydrogen-bond donors (Lipinski definition) is 2. The zero-order valence-electron chi connectivity index (χ0n) is 12.0. The molecule has 0 rings (SSSR count). The molecule has 0 bridgehead atoms. The second-order valence-corrected chi connectivity index (χ2v) is 5.97. The van der Waals surface area contributed by atoms with Gasteiger partial charge in [-0.15, -0.1) is 6.58 Å². The molecule has 0 aliphatic carbocycles. The first kappa shape index (κ1) is 16.4. The fraction of sp³-hybridized carbons (Fsp3) is 0.733. The maximum atomic E-state index is 10.1. The van der Waals surface area contributed by atoms with Crippen LogP contribution in [0.2, 0.25) is 0 Å². The molecule has 0 saturated carbocycles. The lowest BCUT2D eigenvalue weighted by Gasteiger charge is -2.31. The molecule has 0 fully saturated rings. The number of hydrogen-bond acceptors (Lipinski definition) is 2. The Morgan fingerprint density at radius 2 is 1.76 bits per heavy atom. The van der Waals surface area contributed by atoms with E-state index in [0.717, 1.165) is 12.8 Å². The highest BCUT2D eigenvalue weighted by molar-refractivity contribution is 4.98. The molecule has 100 valence electrons. The molecule has 2 atom stereocenters. The number of aliphatic hydroxyl groups is 2. The van der Waals surface area contributed by atoms with Crippen LogP contribution in [0.5, 0.6) is 0 Å². The van der Waals surface area contributed by atoms with E-state index in [1.54, 1.807) is 13.0 Å². The molecule has 0 saturated heterocycles. The Labute approximate surface area is 106 Å². The van der Waals surface area contributed by atoms with E-state index >= 15 is 0 Å². The van der Waals surface area contributed by atoms with Crippen LogP contribution in [0.3, 0.4) is 0 Å². The Balaban J connectivity index is 4.52. The SMILES string of the molecule is C=CC(C)(O)CC[C@H](CC=C(C)C)C(C)(C)O. The van der Waals surface area contributed by atoms with E-state index in [1.807, 2.05) is 13.8 Å². The minimum atomic E-state index is -0.839. The van der Waals surface area contributed by atoms with Gasteiger partial charge in [0.1, 0.15) is 0 Å². The van der Waals surface area contributed by atoms with Crippen molar-refractivity contribution in [1.29, 1.82) is 0 Å². The second kappa shape index (κ2) is 6.36. The molecule has 2 N–H and O–H groups in total. The summed E-state index contributed by atoms with van der Waals surface area (Å²) in [6.45, 7) is 13.2. The molecule has 0 heterocycles. The molecular formula is C15H28O2. The number of allylic oxidation sites excluding steroid dienone is 2. The highest BCUT2D eigenvalue weighted by Gasteiger charge is 2.28. The molecule has 0 radical (unpaired) electrons. The Kier molecular flexibility index (Phi) is 6.14. The topological polar surface area (TPSA) is 40.5 Å². The van der Waals surface area contributed by atoms with Crippen molar-refractivity contribution in [1.82, 2.24) is 0 Å². The summed E-state index contributed by atoms with van der Waals surface area (Å²) in [4.78, 5) is 0. The van der Waals surface area contributed by atoms with Crippen molar-refractivity contribution in [2.45, 2.75) is 65.1 Å². The maximum Gasteiger partial charge on any atom is 0.0797 e. The summed E-state index contributed by atoms with van der Waals surface area (Å²) in [6, 6.07) is 0. The van der Waals surface area contributed by atoms with Gasteiger partial charge in [0, 0.05) is 0 Å². The summed E-state index contributed by atoms with van der Waals surface area (Å²) in [5.41, 5.74) is -0.299. The van der Waals surface area contributed by atoms with Crippen molar-refractivity contribution >= 4 is 0 Å². The predicted octanol–water partition coefficient (Wildman–Crippen LogP) is 3.45. The Morgan fingerprint density at radius 1 is 1.24 bits per heavy atom. The van der Waals surface area contributed by atoms with Crippen LogP contribution >= 0.6 is 0 Å². The van der Waals surface area contributed by atoms with Gasteiger partial charge in [-0.05, 0) is 59.8 Å². The summed E-state index contributed by atoms with van der Waals surface area (Å²) in [7, 11) is 0. The van der Waals surface area contributed by atoms with Gasteiger partial charge in [-0.2, -0.15) is 0 Å². The smallest absolute Gasteiger partial charge is 0.0797 e. The van der Waals surface area contributed by atoms with E-state index in [0.29, 0.717) is 6.42 Å². The monoisotopic (exact) mass is 240 g/mol. The quantitative estimate of drug-likeness (QED) is 0.669.